The highest BCUT2D eigenvalue weighted by Gasteiger charge is 2.22. The molecular weight excluding hydrogens is 685 g/mol. The Morgan fingerprint density at radius 2 is 0.643 bits per heavy atom. The fourth-order valence-electron chi connectivity index (χ4n) is 8.75. The van der Waals surface area contributed by atoms with Crippen LogP contribution in [0.15, 0.2) is 191 Å². The van der Waals surface area contributed by atoms with E-state index in [0.717, 1.165) is 66.1 Å². The van der Waals surface area contributed by atoms with E-state index in [9.17, 15) is 0 Å². The van der Waals surface area contributed by atoms with Gasteiger partial charge in [-0.1, -0.05) is 97.1 Å². The number of hydrogen-bond donors (Lipinski definition) is 0. The van der Waals surface area contributed by atoms with E-state index in [2.05, 4.69) is 168 Å². The zero-order valence-corrected chi connectivity index (χ0v) is 30.0. The molecule has 0 bridgehead atoms. The van der Waals surface area contributed by atoms with Crippen molar-refractivity contribution in [1.82, 2.24) is 9.97 Å². The Morgan fingerprint density at radius 1 is 0.268 bits per heavy atom. The predicted molar refractivity (Wildman–Crippen MR) is 228 cm³/mol. The molecule has 4 heterocycles. The molecule has 0 saturated carbocycles. The van der Waals surface area contributed by atoms with Gasteiger partial charge in [0.05, 0.1) is 0 Å². The molecule has 0 spiro atoms. The molecule has 0 fully saturated rings. The van der Waals surface area contributed by atoms with Gasteiger partial charge in [0.1, 0.15) is 11.2 Å². The van der Waals surface area contributed by atoms with Crippen LogP contribution in [-0.2, 0) is 0 Å². The second-order valence-corrected chi connectivity index (χ2v) is 14.5. The third-order valence-corrected chi connectivity index (χ3v) is 11.4. The first-order valence-electron chi connectivity index (χ1n) is 18.9. The summed E-state index contributed by atoms with van der Waals surface area (Å²) in [6.45, 7) is 0. The third-order valence-electron chi connectivity index (χ3n) is 11.4. The highest BCUT2D eigenvalue weighted by atomic mass is 16.3. The Morgan fingerprint density at radius 3 is 1.09 bits per heavy atom. The molecule has 11 aromatic rings. The van der Waals surface area contributed by atoms with Crippen molar-refractivity contribution in [3.05, 3.63) is 182 Å². The number of nitrogens with zero attached hydrogens (tertiary/aromatic N) is 2. The molecule has 0 radical (unpaired) electrons. The highest BCUT2D eigenvalue weighted by Crippen LogP contribution is 2.49. The summed E-state index contributed by atoms with van der Waals surface area (Å²) < 4.78 is 12.2. The summed E-state index contributed by atoms with van der Waals surface area (Å²) >= 11 is 0. The molecule has 0 aliphatic heterocycles. The van der Waals surface area contributed by atoms with Crippen LogP contribution in [0.1, 0.15) is 0 Å². The monoisotopic (exact) mass is 714 g/mol. The predicted octanol–water partition coefficient (Wildman–Crippen LogP) is 14.3. The molecule has 4 aromatic heterocycles. The number of hydrogen-bond acceptors (Lipinski definition) is 4. The molecular formula is C52H30N2O2. The van der Waals surface area contributed by atoms with Gasteiger partial charge in [-0.25, -0.2) is 9.97 Å². The van der Waals surface area contributed by atoms with E-state index in [4.69, 9.17) is 8.83 Å². The zero-order chi connectivity index (χ0) is 36.7. The lowest BCUT2D eigenvalue weighted by Crippen LogP contribution is -1.97. The average Bonchev–Trinajstić information content (AvgIpc) is 3.83. The minimum atomic E-state index is 0.648. The van der Waals surface area contributed by atoms with Crippen LogP contribution in [-0.4, -0.2) is 9.97 Å². The van der Waals surface area contributed by atoms with Crippen LogP contribution in [0.2, 0.25) is 0 Å². The fourth-order valence-corrected chi connectivity index (χ4v) is 8.75. The first-order valence-corrected chi connectivity index (χ1v) is 18.9. The molecule has 0 N–H and O–H groups in total. The standard InChI is InChI=1S/C52H30N2O2/c1-2-10-38-37(9-1)39-11-3-4-13-41(39)43-20-17-31(28-46(43)42-14-6-5-12-40(38)42)34-25-35(32-18-21-49-47(29-32)44-15-7-23-53-51(44)55-49)27-36(26-34)33-19-22-50-48(30-33)45-16-8-24-54-52(45)56-50/h1-30H. The van der Waals surface area contributed by atoms with E-state index in [0.29, 0.717) is 11.4 Å². The van der Waals surface area contributed by atoms with Crippen molar-refractivity contribution >= 4 is 44.1 Å². The summed E-state index contributed by atoms with van der Waals surface area (Å²) in [6, 6.07) is 61.3. The molecule has 260 valence electrons. The Kier molecular flexibility index (Phi) is 6.60. The average molecular weight is 715 g/mol. The van der Waals surface area contributed by atoms with Gasteiger partial charge in [-0.2, -0.15) is 0 Å². The molecule has 0 amide bonds. The summed E-state index contributed by atoms with van der Waals surface area (Å²) in [6.07, 6.45) is 3.55. The van der Waals surface area contributed by atoms with Crippen LogP contribution >= 0.6 is 0 Å². The van der Waals surface area contributed by atoms with E-state index in [1.165, 1.54) is 44.5 Å². The molecule has 0 atom stereocenters. The lowest BCUT2D eigenvalue weighted by Gasteiger charge is -2.23. The van der Waals surface area contributed by atoms with Gasteiger partial charge in [0.25, 0.3) is 0 Å². The Labute approximate surface area is 322 Å². The van der Waals surface area contributed by atoms with E-state index in [-0.39, 0.29) is 0 Å². The molecule has 1 aliphatic rings. The maximum atomic E-state index is 6.12. The van der Waals surface area contributed by atoms with Crippen molar-refractivity contribution in [2.75, 3.05) is 0 Å². The molecule has 4 nitrogen and oxygen atoms in total. The lowest BCUT2D eigenvalue weighted by atomic mass is 9.80. The highest BCUT2D eigenvalue weighted by molar-refractivity contribution is 6.07. The van der Waals surface area contributed by atoms with Gasteiger partial charge in [0, 0.05) is 33.9 Å². The van der Waals surface area contributed by atoms with E-state index in [1.54, 1.807) is 12.4 Å². The van der Waals surface area contributed by atoms with Gasteiger partial charge in [0.15, 0.2) is 0 Å². The number of aromatic nitrogens is 2. The van der Waals surface area contributed by atoms with Gasteiger partial charge >= 0.3 is 0 Å². The number of furan rings is 2. The molecule has 1 aliphatic carbocycles. The van der Waals surface area contributed by atoms with Crippen molar-refractivity contribution in [2.24, 2.45) is 0 Å². The second-order valence-electron chi connectivity index (χ2n) is 14.5. The Bertz CT molecular complexity index is 3250. The number of fused-ring (bicyclic) bond motifs is 14. The van der Waals surface area contributed by atoms with Crippen molar-refractivity contribution in [3.63, 3.8) is 0 Å². The normalized spacial score (nSPS) is 11.9. The molecule has 7 aromatic carbocycles. The number of benzene rings is 7. The van der Waals surface area contributed by atoms with Gasteiger partial charge in [-0.3, -0.25) is 0 Å². The quantitative estimate of drug-likeness (QED) is 0.183. The molecule has 56 heavy (non-hydrogen) atoms. The molecule has 0 saturated heterocycles. The van der Waals surface area contributed by atoms with Crippen LogP contribution in [0.25, 0.3) is 122 Å². The molecule has 4 heteroatoms. The van der Waals surface area contributed by atoms with Crippen LogP contribution < -0.4 is 0 Å². The van der Waals surface area contributed by atoms with Gasteiger partial charge in [-0.05, 0) is 151 Å². The zero-order valence-electron chi connectivity index (χ0n) is 30.0. The van der Waals surface area contributed by atoms with Gasteiger partial charge in [-0.15, -0.1) is 0 Å². The minimum absolute atomic E-state index is 0.648. The van der Waals surface area contributed by atoms with Crippen molar-refractivity contribution in [2.45, 2.75) is 0 Å². The third kappa shape index (κ3) is 4.73. The second kappa shape index (κ2) is 12.0. The van der Waals surface area contributed by atoms with Crippen LogP contribution in [0.3, 0.4) is 0 Å². The lowest BCUT2D eigenvalue weighted by molar-refractivity contribution is 0.653. The Balaban J connectivity index is 1.10. The maximum Gasteiger partial charge on any atom is 0.227 e. The topological polar surface area (TPSA) is 52.1 Å². The SMILES string of the molecule is c1ccc2c(c1)-c1ccccc1-c1ccc(-c3cc(-c4ccc5oc6ncccc6c5c4)cc(-c4ccc5oc6ncccc6c5c4)c3)cc1-c1ccccc1-2. The smallest absolute Gasteiger partial charge is 0.227 e. The summed E-state index contributed by atoms with van der Waals surface area (Å²) in [5, 5.41) is 4.11. The van der Waals surface area contributed by atoms with Crippen LogP contribution in [0, 0.1) is 0 Å². The summed E-state index contributed by atoms with van der Waals surface area (Å²) in [5.74, 6) is 0. The largest absolute Gasteiger partial charge is 0.438 e. The summed E-state index contributed by atoms with van der Waals surface area (Å²) in [7, 11) is 0. The van der Waals surface area contributed by atoms with Crippen LogP contribution in [0.4, 0.5) is 0 Å². The van der Waals surface area contributed by atoms with Crippen molar-refractivity contribution in [3.8, 4) is 77.9 Å². The Hall–Kier alpha value is -7.56. The fraction of sp³-hybridized carbons (Fsp3) is 0. The summed E-state index contributed by atoms with van der Waals surface area (Å²) in [4.78, 5) is 8.96. The molecule has 12 rings (SSSR count). The van der Waals surface area contributed by atoms with Gasteiger partial charge in [0.2, 0.25) is 11.4 Å². The van der Waals surface area contributed by atoms with Crippen LogP contribution in [0.5, 0.6) is 0 Å². The first-order chi connectivity index (χ1) is 27.7. The maximum absolute atomic E-state index is 6.12. The number of pyridine rings is 2. The van der Waals surface area contributed by atoms with E-state index >= 15 is 0 Å². The van der Waals surface area contributed by atoms with Gasteiger partial charge < -0.3 is 8.83 Å². The number of rotatable bonds is 3. The first kappa shape index (κ1) is 30.9. The van der Waals surface area contributed by atoms with E-state index in [1.807, 2.05) is 12.1 Å². The van der Waals surface area contributed by atoms with Crippen molar-refractivity contribution in [1.29, 1.82) is 0 Å². The minimum Gasteiger partial charge on any atom is -0.438 e. The molecule has 0 unspecified atom stereocenters. The van der Waals surface area contributed by atoms with Crippen molar-refractivity contribution < 1.29 is 8.83 Å². The van der Waals surface area contributed by atoms with E-state index < -0.39 is 0 Å². The summed E-state index contributed by atoms with van der Waals surface area (Å²) in [5.41, 5.74) is 19.5.